The van der Waals surface area contributed by atoms with Gasteiger partial charge in [0.2, 0.25) is 0 Å². The molecule has 0 spiro atoms. The zero-order valence-electron chi connectivity index (χ0n) is 16.5. The summed E-state index contributed by atoms with van der Waals surface area (Å²) >= 11 is 0. The van der Waals surface area contributed by atoms with E-state index < -0.39 is 0 Å². The molecule has 0 bridgehead atoms. The molecule has 0 heterocycles. The number of amides is 1. The molecule has 4 nitrogen and oxygen atoms in total. The molecular formula is C25H22N2O2. The van der Waals surface area contributed by atoms with Crippen molar-refractivity contribution in [1.82, 2.24) is 5.32 Å². The highest BCUT2D eigenvalue weighted by Crippen LogP contribution is 2.16. The molecule has 0 radical (unpaired) electrons. The molecule has 3 aromatic rings. The summed E-state index contributed by atoms with van der Waals surface area (Å²) in [7, 11) is 3.92. The second-order valence-electron chi connectivity index (χ2n) is 6.64. The van der Waals surface area contributed by atoms with Crippen LogP contribution in [0.3, 0.4) is 0 Å². The monoisotopic (exact) mass is 382 g/mol. The van der Waals surface area contributed by atoms with E-state index in [0.717, 1.165) is 11.3 Å². The number of carbonyl (C=O) groups excluding carboxylic acids is 2. The molecule has 0 aliphatic rings. The number of nitrogens with one attached hydrogen (secondary N) is 1. The van der Waals surface area contributed by atoms with Crippen LogP contribution < -0.4 is 10.2 Å². The van der Waals surface area contributed by atoms with Crippen LogP contribution in [-0.4, -0.2) is 32.3 Å². The van der Waals surface area contributed by atoms with Crippen molar-refractivity contribution in [2.24, 2.45) is 0 Å². The van der Waals surface area contributed by atoms with E-state index in [4.69, 9.17) is 0 Å². The Morgan fingerprint density at radius 2 is 1.45 bits per heavy atom. The highest BCUT2D eigenvalue weighted by molar-refractivity contribution is 6.15. The standard InChI is InChI=1S/C25H22N2O2/c1-27(2)23-17-9-6-11-19(23)14-10-18-26-25(29)22-16-8-7-15-21(22)24(28)20-12-4-3-5-13-20/h3-9,11-13,15-17H,18H2,1-2H3,(H,26,29). The van der Waals surface area contributed by atoms with Gasteiger partial charge in [-0.15, -0.1) is 0 Å². The molecule has 1 N–H and O–H groups in total. The number of hydrogen-bond donors (Lipinski definition) is 1. The van der Waals surface area contributed by atoms with Crippen LogP contribution in [0.25, 0.3) is 0 Å². The Labute approximate surface area is 171 Å². The summed E-state index contributed by atoms with van der Waals surface area (Å²) < 4.78 is 0. The van der Waals surface area contributed by atoms with E-state index in [-0.39, 0.29) is 18.2 Å². The first-order chi connectivity index (χ1) is 14.1. The SMILES string of the molecule is CN(C)c1ccccc1C#CCNC(=O)c1ccccc1C(=O)c1ccccc1. The van der Waals surface area contributed by atoms with Crippen molar-refractivity contribution in [1.29, 1.82) is 0 Å². The van der Waals surface area contributed by atoms with E-state index in [0.29, 0.717) is 16.7 Å². The van der Waals surface area contributed by atoms with Crippen LogP contribution in [0.15, 0.2) is 78.9 Å². The summed E-state index contributed by atoms with van der Waals surface area (Å²) in [6.07, 6.45) is 0. The second kappa shape index (κ2) is 9.38. The molecule has 0 saturated carbocycles. The maximum atomic E-state index is 12.8. The Balaban J connectivity index is 1.73. The van der Waals surface area contributed by atoms with E-state index in [2.05, 4.69) is 17.2 Å². The third kappa shape index (κ3) is 4.91. The van der Waals surface area contributed by atoms with Gasteiger partial charge in [0, 0.05) is 30.8 Å². The predicted octanol–water partition coefficient (Wildman–Crippen LogP) is 3.77. The minimum atomic E-state index is -0.319. The Morgan fingerprint density at radius 1 is 0.828 bits per heavy atom. The second-order valence-corrected chi connectivity index (χ2v) is 6.64. The number of hydrogen-bond acceptors (Lipinski definition) is 3. The zero-order chi connectivity index (χ0) is 20.6. The molecule has 0 fully saturated rings. The molecule has 4 heteroatoms. The van der Waals surface area contributed by atoms with Crippen molar-refractivity contribution < 1.29 is 9.59 Å². The number of anilines is 1. The van der Waals surface area contributed by atoms with Gasteiger partial charge in [0.05, 0.1) is 17.8 Å². The lowest BCUT2D eigenvalue weighted by Crippen LogP contribution is -2.25. The summed E-state index contributed by atoms with van der Waals surface area (Å²) in [6.45, 7) is 0.189. The lowest BCUT2D eigenvalue weighted by Gasteiger charge is -2.13. The molecule has 0 aliphatic heterocycles. The first-order valence-corrected chi connectivity index (χ1v) is 9.30. The van der Waals surface area contributed by atoms with E-state index in [1.165, 1.54) is 0 Å². The largest absolute Gasteiger partial charge is 0.377 e. The molecule has 1 amide bonds. The molecule has 0 unspecified atom stereocenters. The molecule has 144 valence electrons. The lowest BCUT2D eigenvalue weighted by atomic mass is 9.98. The number of benzene rings is 3. The highest BCUT2D eigenvalue weighted by Gasteiger charge is 2.17. The van der Waals surface area contributed by atoms with Gasteiger partial charge in [0.1, 0.15) is 0 Å². The summed E-state index contributed by atoms with van der Waals surface area (Å²) in [4.78, 5) is 27.4. The number of carbonyl (C=O) groups is 2. The fraction of sp³-hybridized carbons (Fsp3) is 0.120. The van der Waals surface area contributed by atoms with E-state index in [1.54, 1.807) is 48.5 Å². The summed E-state index contributed by atoms with van der Waals surface area (Å²) in [5.41, 5.74) is 3.18. The number of nitrogens with zero attached hydrogens (tertiary/aromatic N) is 1. The van der Waals surface area contributed by atoms with Gasteiger partial charge in [0.15, 0.2) is 5.78 Å². The van der Waals surface area contributed by atoms with Crippen LogP contribution in [0.4, 0.5) is 5.69 Å². The van der Waals surface area contributed by atoms with Gasteiger partial charge in [-0.05, 0) is 18.2 Å². The van der Waals surface area contributed by atoms with Crippen LogP contribution in [0.1, 0.15) is 31.8 Å². The summed E-state index contributed by atoms with van der Waals surface area (Å²) in [6, 6.07) is 23.6. The van der Waals surface area contributed by atoms with Crippen molar-refractivity contribution in [2.45, 2.75) is 0 Å². The minimum Gasteiger partial charge on any atom is -0.377 e. The summed E-state index contributed by atoms with van der Waals surface area (Å²) in [5, 5.41) is 2.79. The zero-order valence-corrected chi connectivity index (χ0v) is 16.5. The summed E-state index contributed by atoms with van der Waals surface area (Å²) in [5.74, 6) is 5.58. The van der Waals surface area contributed by atoms with Gasteiger partial charge < -0.3 is 10.2 Å². The topological polar surface area (TPSA) is 49.4 Å². The molecule has 0 aromatic heterocycles. The van der Waals surface area contributed by atoms with Gasteiger partial charge in [-0.3, -0.25) is 9.59 Å². The van der Waals surface area contributed by atoms with Crippen LogP contribution in [0, 0.1) is 11.8 Å². The quantitative estimate of drug-likeness (QED) is 0.540. The Hall–Kier alpha value is -3.84. The number of ketones is 1. The molecule has 0 saturated heterocycles. The highest BCUT2D eigenvalue weighted by atomic mass is 16.2. The molecule has 0 aliphatic carbocycles. The van der Waals surface area contributed by atoms with Crippen molar-refractivity contribution in [3.05, 3.63) is 101 Å². The molecule has 0 atom stereocenters. The average Bonchev–Trinajstić information content (AvgIpc) is 2.77. The fourth-order valence-electron chi connectivity index (χ4n) is 2.95. The third-order valence-electron chi connectivity index (χ3n) is 4.40. The van der Waals surface area contributed by atoms with Crippen molar-refractivity contribution in [2.75, 3.05) is 25.5 Å². The fourth-order valence-corrected chi connectivity index (χ4v) is 2.95. The van der Waals surface area contributed by atoms with Gasteiger partial charge in [-0.2, -0.15) is 0 Å². The predicted molar refractivity (Wildman–Crippen MR) is 116 cm³/mol. The number of rotatable bonds is 5. The normalized spacial score (nSPS) is 9.86. The lowest BCUT2D eigenvalue weighted by molar-refractivity contribution is 0.0946. The third-order valence-corrected chi connectivity index (χ3v) is 4.40. The maximum Gasteiger partial charge on any atom is 0.252 e. The van der Waals surface area contributed by atoms with Gasteiger partial charge in [-0.1, -0.05) is 72.5 Å². The van der Waals surface area contributed by atoms with Crippen LogP contribution in [-0.2, 0) is 0 Å². The van der Waals surface area contributed by atoms with Gasteiger partial charge in [-0.25, -0.2) is 0 Å². The van der Waals surface area contributed by atoms with E-state index >= 15 is 0 Å². The van der Waals surface area contributed by atoms with Crippen LogP contribution in [0.5, 0.6) is 0 Å². The Morgan fingerprint density at radius 3 is 2.17 bits per heavy atom. The first-order valence-electron chi connectivity index (χ1n) is 9.30. The Kier molecular flexibility index (Phi) is 6.44. The Bertz CT molecular complexity index is 1080. The van der Waals surface area contributed by atoms with Crippen LogP contribution >= 0.6 is 0 Å². The van der Waals surface area contributed by atoms with E-state index in [1.807, 2.05) is 49.3 Å². The average molecular weight is 382 g/mol. The smallest absolute Gasteiger partial charge is 0.252 e. The first kappa shape index (κ1) is 19.9. The van der Waals surface area contributed by atoms with Crippen molar-refractivity contribution >= 4 is 17.4 Å². The minimum absolute atomic E-state index is 0.178. The van der Waals surface area contributed by atoms with Crippen molar-refractivity contribution in [3.8, 4) is 11.8 Å². The molecule has 3 rings (SSSR count). The van der Waals surface area contributed by atoms with Gasteiger partial charge >= 0.3 is 0 Å². The van der Waals surface area contributed by atoms with E-state index in [9.17, 15) is 9.59 Å². The molecule has 29 heavy (non-hydrogen) atoms. The molecular weight excluding hydrogens is 360 g/mol. The van der Waals surface area contributed by atoms with Crippen LogP contribution in [0.2, 0.25) is 0 Å². The maximum absolute atomic E-state index is 12.8. The number of para-hydroxylation sites is 1. The van der Waals surface area contributed by atoms with Crippen molar-refractivity contribution in [3.63, 3.8) is 0 Å². The van der Waals surface area contributed by atoms with Gasteiger partial charge in [0.25, 0.3) is 5.91 Å². The molecule has 3 aromatic carbocycles.